The molecule has 0 aromatic heterocycles. The fourth-order valence-electron chi connectivity index (χ4n) is 2.62. The molecule has 152 valence electrons. The molecule has 28 heavy (non-hydrogen) atoms. The summed E-state index contributed by atoms with van der Waals surface area (Å²) in [6.45, 7) is 5.09. The van der Waals surface area contributed by atoms with Crippen molar-refractivity contribution in [2.45, 2.75) is 37.0 Å². The Labute approximate surface area is 166 Å². The SMILES string of the molecule is CCCS(=O)(=O)c1ccc(S(=O)(=O)CC)c(NC(=O)Nc2cccc(C)c2)c1. The van der Waals surface area contributed by atoms with Gasteiger partial charge in [-0.3, -0.25) is 0 Å². The second kappa shape index (κ2) is 8.74. The van der Waals surface area contributed by atoms with Gasteiger partial charge in [0.05, 0.1) is 27.0 Å². The summed E-state index contributed by atoms with van der Waals surface area (Å²) < 4.78 is 49.4. The molecule has 0 spiro atoms. The van der Waals surface area contributed by atoms with Crippen LogP contribution in [0.1, 0.15) is 25.8 Å². The van der Waals surface area contributed by atoms with Gasteiger partial charge in [0.2, 0.25) is 0 Å². The quantitative estimate of drug-likeness (QED) is 0.705. The Bertz CT molecular complexity index is 1080. The number of carbonyl (C=O) groups is 1. The van der Waals surface area contributed by atoms with Crippen LogP contribution >= 0.6 is 0 Å². The van der Waals surface area contributed by atoms with Gasteiger partial charge >= 0.3 is 6.03 Å². The first-order chi connectivity index (χ1) is 13.1. The van der Waals surface area contributed by atoms with E-state index in [1.807, 2.05) is 13.0 Å². The van der Waals surface area contributed by atoms with E-state index in [0.29, 0.717) is 12.1 Å². The summed E-state index contributed by atoms with van der Waals surface area (Å²) >= 11 is 0. The lowest BCUT2D eigenvalue weighted by Gasteiger charge is -2.14. The number of benzene rings is 2. The largest absolute Gasteiger partial charge is 0.323 e. The number of nitrogens with one attached hydrogen (secondary N) is 2. The molecular weight excluding hydrogens is 400 g/mol. The monoisotopic (exact) mass is 424 g/mol. The predicted molar refractivity (Wildman–Crippen MR) is 110 cm³/mol. The van der Waals surface area contributed by atoms with Gasteiger partial charge in [0.25, 0.3) is 0 Å². The molecular formula is C19H24N2O5S2. The van der Waals surface area contributed by atoms with Gasteiger partial charge in [-0.1, -0.05) is 26.0 Å². The highest BCUT2D eigenvalue weighted by molar-refractivity contribution is 7.92. The van der Waals surface area contributed by atoms with Crippen molar-refractivity contribution in [1.29, 1.82) is 0 Å². The van der Waals surface area contributed by atoms with Crippen LogP contribution in [0.4, 0.5) is 16.2 Å². The fraction of sp³-hybridized carbons (Fsp3) is 0.316. The maximum atomic E-state index is 12.4. The van der Waals surface area contributed by atoms with E-state index in [4.69, 9.17) is 0 Å². The molecule has 0 bridgehead atoms. The lowest BCUT2D eigenvalue weighted by atomic mass is 10.2. The van der Waals surface area contributed by atoms with Crippen molar-refractivity contribution in [3.05, 3.63) is 48.0 Å². The number of hydrogen-bond donors (Lipinski definition) is 2. The number of aryl methyl sites for hydroxylation is 1. The number of rotatable bonds is 7. The Hall–Kier alpha value is -2.39. The van der Waals surface area contributed by atoms with E-state index in [0.717, 1.165) is 5.56 Å². The molecule has 0 aliphatic rings. The summed E-state index contributed by atoms with van der Waals surface area (Å²) in [4.78, 5) is 12.2. The van der Waals surface area contributed by atoms with Gasteiger partial charge in [-0.05, 0) is 49.2 Å². The third kappa shape index (κ3) is 5.32. The molecule has 2 amide bonds. The zero-order chi connectivity index (χ0) is 20.9. The van der Waals surface area contributed by atoms with E-state index in [9.17, 15) is 21.6 Å². The van der Waals surface area contributed by atoms with E-state index in [-0.39, 0.29) is 27.0 Å². The van der Waals surface area contributed by atoms with E-state index in [2.05, 4.69) is 10.6 Å². The van der Waals surface area contributed by atoms with E-state index >= 15 is 0 Å². The van der Waals surface area contributed by atoms with Crippen LogP contribution in [-0.4, -0.2) is 34.4 Å². The summed E-state index contributed by atoms with van der Waals surface area (Å²) in [5.41, 5.74) is 1.41. The molecule has 0 saturated heterocycles. The third-order valence-electron chi connectivity index (χ3n) is 4.02. The predicted octanol–water partition coefficient (Wildman–Crippen LogP) is 3.62. The minimum atomic E-state index is -3.67. The molecule has 2 rings (SSSR count). The number of urea groups is 1. The van der Waals surface area contributed by atoms with Gasteiger partial charge in [-0.2, -0.15) is 0 Å². The number of hydrogen-bond acceptors (Lipinski definition) is 5. The van der Waals surface area contributed by atoms with Crippen LogP contribution in [0, 0.1) is 6.92 Å². The van der Waals surface area contributed by atoms with Crippen molar-refractivity contribution in [3.8, 4) is 0 Å². The third-order valence-corrected chi connectivity index (χ3v) is 7.73. The van der Waals surface area contributed by atoms with Crippen molar-refractivity contribution in [3.63, 3.8) is 0 Å². The molecule has 0 fully saturated rings. The zero-order valence-corrected chi connectivity index (χ0v) is 17.7. The van der Waals surface area contributed by atoms with E-state index < -0.39 is 25.7 Å². The number of carbonyl (C=O) groups excluding carboxylic acids is 1. The molecule has 2 aromatic rings. The van der Waals surface area contributed by atoms with Gasteiger partial charge in [-0.25, -0.2) is 21.6 Å². The molecule has 0 saturated carbocycles. The van der Waals surface area contributed by atoms with Crippen molar-refractivity contribution in [2.75, 3.05) is 22.1 Å². The van der Waals surface area contributed by atoms with Crippen LogP contribution in [-0.2, 0) is 19.7 Å². The number of sulfone groups is 2. The Kier molecular flexibility index (Phi) is 6.84. The van der Waals surface area contributed by atoms with Gasteiger partial charge in [0.1, 0.15) is 0 Å². The standard InChI is InChI=1S/C19H24N2O5S2/c1-4-11-28(25,26)16-9-10-18(27(23,24)5-2)17(13-16)21-19(22)20-15-8-6-7-14(3)12-15/h6-10,12-13H,4-5,11H2,1-3H3,(H2,20,21,22). The highest BCUT2D eigenvalue weighted by Gasteiger charge is 2.22. The van der Waals surface area contributed by atoms with Crippen LogP contribution in [0.25, 0.3) is 0 Å². The lowest BCUT2D eigenvalue weighted by Crippen LogP contribution is -2.21. The van der Waals surface area contributed by atoms with Gasteiger partial charge in [0, 0.05) is 5.69 Å². The average molecular weight is 425 g/mol. The Morgan fingerprint density at radius 2 is 1.64 bits per heavy atom. The molecule has 0 radical (unpaired) electrons. The van der Waals surface area contributed by atoms with Crippen LogP contribution in [0.3, 0.4) is 0 Å². The minimum Gasteiger partial charge on any atom is -0.308 e. The van der Waals surface area contributed by atoms with Crippen molar-refractivity contribution < 1.29 is 21.6 Å². The van der Waals surface area contributed by atoms with Gasteiger partial charge < -0.3 is 10.6 Å². The van der Waals surface area contributed by atoms with Crippen molar-refractivity contribution in [1.82, 2.24) is 0 Å². The number of anilines is 2. The van der Waals surface area contributed by atoms with Crippen LogP contribution < -0.4 is 10.6 Å². The van der Waals surface area contributed by atoms with Crippen molar-refractivity contribution >= 4 is 37.1 Å². The molecule has 2 aromatic carbocycles. The van der Waals surface area contributed by atoms with Gasteiger partial charge in [-0.15, -0.1) is 0 Å². The molecule has 0 aliphatic heterocycles. The maximum absolute atomic E-state index is 12.4. The summed E-state index contributed by atoms with van der Waals surface area (Å²) in [7, 11) is -7.23. The zero-order valence-electron chi connectivity index (χ0n) is 16.0. The van der Waals surface area contributed by atoms with Crippen LogP contribution in [0.5, 0.6) is 0 Å². The average Bonchev–Trinajstić information content (AvgIpc) is 2.61. The smallest absolute Gasteiger partial charge is 0.308 e. The molecule has 0 heterocycles. The first-order valence-corrected chi connectivity index (χ1v) is 12.1. The summed E-state index contributed by atoms with van der Waals surface area (Å²) in [6.07, 6.45) is 0.425. The second-order valence-corrected chi connectivity index (χ2v) is 10.7. The molecule has 0 aliphatic carbocycles. The molecule has 7 nitrogen and oxygen atoms in total. The Balaban J connectivity index is 2.42. The fourth-order valence-corrected chi connectivity index (χ4v) is 5.00. The Morgan fingerprint density at radius 3 is 2.25 bits per heavy atom. The van der Waals surface area contributed by atoms with Crippen LogP contribution in [0.2, 0.25) is 0 Å². The van der Waals surface area contributed by atoms with E-state index in [1.54, 1.807) is 25.1 Å². The highest BCUT2D eigenvalue weighted by Crippen LogP contribution is 2.27. The molecule has 0 atom stereocenters. The topological polar surface area (TPSA) is 109 Å². The maximum Gasteiger partial charge on any atom is 0.323 e. The highest BCUT2D eigenvalue weighted by atomic mass is 32.2. The normalized spacial score (nSPS) is 11.8. The Morgan fingerprint density at radius 1 is 0.929 bits per heavy atom. The number of amides is 2. The second-order valence-electron chi connectivity index (χ2n) is 6.33. The summed E-state index contributed by atoms with van der Waals surface area (Å²) in [5, 5.41) is 5.10. The van der Waals surface area contributed by atoms with E-state index in [1.165, 1.54) is 25.1 Å². The summed E-state index contributed by atoms with van der Waals surface area (Å²) in [6, 6.07) is 10.1. The summed E-state index contributed by atoms with van der Waals surface area (Å²) in [5.74, 6) is -0.246. The lowest BCUT2D eigenvalue weighted by molar-refractivity contribution is 0.262. The molecule has 9 heteroatoms. The minimum absolute atomic E-state index is 0.0322. The van der Waals surface area contributed by atoms with Gasteiger partial charge in [0.15, 0.2) is 19.7 Å². The molecule has 2 N–H and O–H groups in total. The molecule has 0 unspecified atom stereocenters. The van der Waals surface area contributed by atoms with Crippen LogP contribution in [0.15, 0.2) is 52.3 Å². The first-order valence-electron chi connectivity index (χ1n) is 8.83. The first kappa shape index (κ1) is 21.9. The van der Waals surface area contributed by atoms with Crippen molar-refractivity contribution in [2.24, 2.45) is 0 Å².